The van der Waals surface area contributed by atoms with E-state index in [-0.39, 0.29) is 5.91 Å². The molecule has 1 aromatic carbocycles. The van der Waals surface area contributed by atoms with Crippen LogP contribution < -0.4 is 10.0 Å². The lowest BCUT2D eigenvalue weighted by Gasteiger charge is -2.09. The average molecular weight is 353 g/mol. The molecular weight excluding hydrogens is 334 g/mol. The molecule has 0 aliphatic heterocycles. The minimum Gasteiger partial charge on any atom is -0.326 e. The van der Waals surface area contributed by atoms with Crippen molar-refractivity contribution in [3.63, 3.8) is 0 Å². The van der Waals surface area contributed by atoms with Crippen molar-refractivity contribution in [2.75, 3.05) is 16.3 Å². The number of anilines is 2. The van der Waals surface area contributed by atoms with Crippen LogP contribution in [0.2, 0.25) is 0 Å². The Morgan fingerprint density at radius 3 is 2.78 bits per heavy atom. The van der Waals surface area contributed by atoms with E-state index in [0.29, 0.717) is 23.0 Å². The summed E-state index contributed by atoms with van der Waals surface area (Å²) in [7, 11) is -3.34. The summed E-state index contributed by atoms with van der Waals surface area (Å²) in [5, 5.41) is 3.25. The number of rotatable bonds is 5. The molecular formula is C15H19N3O3S2. The van der Waals surface area contributed by atoms with Crippen molar-refractivity contribution in [1.82, 2.24) is 4.98 Å². The Hall–Kier alpha value is -1.67. The molecule has 0 radical (unpaired) electrons. The van der Waals surface area contributed by atoms with E-state index in [1.807, 2.05) is 6.07 Å². The van der Waals surface area contributed by atoms with Gasteiger partial charge >= 0.3 is 0 Å². The fourth-order valence-electron chi connectivity index (χ4n) is 2.89. The van der Waals surface area contributed by atoms with Gasteiger partial charge in [0.05, 0.1) is 16.5 Å². The molecule has 8 heteroatoms. The van der Waals surface area contributed by atoms with Gasteiger partial charge in [0.1, 0.15) is 0 Å². The Morgan fingerprint density at radius 2 is 2.09 bits per heavy atom. The second-order valence-corrected chi connectivity index (χ2v) is 8.76. The smallest absolute Gasteiger partial charge is 0.231 e. The normalized spacial score (nSPS) is 15.9. The van der Waals surface area contributed by atoms with Gasteiger partial charge in [-0.3, -0.25) is 9.52 Å². The van der Waals surface area contributed by atoms with Gasteiger partial charge in [0, 0.05) is 12.1 Å². The molecule has 0 unspecified atom stereocenters. The first kappa shape index (κ1) is 16.2. The molecule has 6 nitrogen and oxygen atoms in total. The molecule has 1 aliphatic rings. The minimum absolute atomic E-state index is 0.0373. The Balaban J connectivity index is 1.70. The van der Waals surface area contributed by atoms with E-state index < -0.39 is 10.0 Å². The fourth-order valence-corrected chi connectivity index (χ4v) is 4.63. The molecule has 23 heavy (non-hydrogen) atoms. The number of benzene rings is 1. The number of nitrogens with zero attached hydrogens (tertiary/aromatic N) is 1. The van der Waals surface area contributed by atoms with Gasteiger partial charge in [-0.25, -0.2) is 13.4 Å². The van der Waals surface area contributed by atoms with Gasteiger partial charge < -0.3 is 5.32 Å². The monoisotopic (exact) mass is 353 g/mol. The molecule has 0 saturated heterocycles. The van der Waals surface area contributed by atoms with E-state index in [0.717, 1.165) is 29.5 Å². The van der Waals surface area contributed by atoms with Crippen molar-refractivity contribution in [2.24, 2.45) is 5.92 Å². The van der Waals surface area contributed by atoms with Crippen LogP contribution in [0.1, 0.15) is 32.1 Å². The third-order valence-corrected chi connectivity index (χ3v) is 5.52. The van der Waals surface area contributed by atoms with Crippen LogP contribution in [-0.4, -0.2) is 25.6 Å². The maximum Gasteiger partial charge on any atom is 0.231 e. The largest absolute Gasteiger partial charge is 0.326 e. The second-order valence-electron chi connectivity index (χ2n) is 5.98. The summed E-state index contributed by atoms with van der Waals surface area (Å²) in [6.07, 6.45) is 6.39. The molecule has 1 heterocycles. The molecule has 0 spiro atoms. The van der Waals surface area contributed by atoms with Crippen LogP contribution in [-0.2, 0) is 14.8 Å². The minimum atomic E-state index is -3.34. The van der Waals surface area contributed by atoms with Crippen LogP contribution in [0, 0.1) is 5.92 Å². The lowest BCUT2D eigenvalue weighted by molar-refractivity contribution is -0.117. The highest BCUT2D eigenvalue weighted by Gasteiger charge is 2.18. The quantitative estimate of drug-likeness (QED) is 0.864. The zero-order chi connectivity index (χ0) is 16.4. The molecule has 3 rings (SSSR count). The van der Waals surface area contributed by atoms with Gasteiger partial charge in [0.2, 0.25) is 15.9 Å². The molecule has 1 saturated carbocycles. The molecule has 2 aromatic rings. The first-order valence-corrected chi connectivity index (χ1v) is 10.3. The van der Waals surface area contributed by atoms with Crippen molar-refractivity contribution >= 4 is 48.3 Å². The highest BCUT2D eigenvalue weighted by atomic mass is 32.2. The predicted molar refractivity (Wildman–Crippen MR) is 93.3 cm³/mol. The van der Waals surface area contributed by atoms with Gasteiger partial charge in [0.25, 0.3) is 0 Å². The third kappa shape index (κ3) is 4.42. The number of amides is 1. The van der Waals surface area contributed by atoms with Crippen molar-refractivity contribution in [3.8, 4) is 0 Å². The predicted octanol–water partition coefficient (Wildman–Crippen LogP) is 3.19. The SMILES string of the molecule is CS(=O)(=O)Nc1nc2ccc(NC(=O)CC3CCCC3)cc2s1. The highest BCUT2D eigenvalue weighted by molar-refractivity contribution is 7.92. The van der Waals surface area contributed by atoms with Crippen molar-refractivity contribution in [1.29, 1.82) is 0 Å². The topological polar surface area (TPSA) is 88.2 Å². The first-order chi connectivity index (χ1) is 10.9. The number of carbonyl (C=O) groups is 1. The van der Waals surface area contributed by atoms with Crippen LogP contribution in [0.15, 0.2) is 18.2 Å². The summed E-state index contributed by atoms with van der Waals surface area (Å²) >= 11 is 1.25. The Bertz CT molecular complexity index is 824. The van der Waals surface area contributed by atoms with Crippen molar-refractivity contribution < 1.29 is 13.2 Å². The summed E-state index contributed by atoms with van der Waals surface area (Å²) in [6, 6.07) is 5.40. The van der Waals surface area contributed by atoms with Gasteiger partial charge in [0.15, 0.2) is 5.13 Å². The lowest BCUT2D eigenvalue weighted by atomic mass is 10.0. The van der Waals surface area contributed by atoms with Crippen LogP contribution in [0.3, 0.4) is 0 Å². The summed E-state index contributed by atoms with van der Waals surface area (Å²) in [5.41, 5.74) is 1.42. The summed E-state index contributed by atoms with van der Waals surface area (Å²) in [6.45, 7) is 0. The van der Waals surface area contributed by atoms with Crippen molar-refractivity contribution in [3.05, 3.63) is 18.2 Å². The zero-order valence-electron chi connectivity index (χ0n) is 12.8. The third-order valence-electron chi connectivity index (χ3n) is 3.89. The molecule has 1 amide bonds. The van der Waals surface area contributed by atoms with Gasteiger partial charge in [-0.15, -0.1) is 0 Å². The molecule has 124 valence electrons. The van der Waals surface area contributed by atoms with E-state index in [4.69, 9.17) is 0 Å². The van der Waals surface area contributed by atoms with Crippen LogP contribution in [0.5, 0.6) is 0 Å². The Kier molecular flexibility index (Phi) is 4.54. The Labute approximate surface area is 139 Å². The lowest BCUT2D eigenvalue weighted by Crippen LogP contribution is -2.14. The van der Waals surface area contributed by atoms with E-state index in [2.05, 4.69) is 15.0 Å². The van der Waals surface area contributed by atoms with E-state index in [1.54, 1.807) is 12.1 Å². The average Bonchev–Trinajstić information content (AvgIpc) is 3.04. The molecule has 1 aliphatic carbocycles. The van der Waals surface area contributed by atoms with Crippen LogP contribution in [0.25, 0.3) is 10.2 Å². The highest BCUT2D eigenvalue weighted by Crippen LogP contribution is 2.30. The van der Waals surface area contributed by atoms with Gasteiger partial charge in [-0.1, -0.05) is 24.2 Å². The molecule has 1 aromatic heterocycles. The summed E-state index contributed by atoms with van der Waals surface area (Å²) in [5.74, 6) is 0.544. The number of thiazole rings is 1. The first-order valence-electron chi connectivity index (χ1n) is 7.57. The summed E-state index contributed by atoms with van der Waals surface area (Å²) in [4.78, 5) is 16.3. The standard InChI is InChI=1S/C15H19N3O3S2/c1-23(20,21)18-15-17-12-7-6-11(9-13(12)22-15)16-14(19)8-10-4-2-3-5-10/h6-7,9-10H,2-5,8H2,1H3,(H,16,19)(H,17,18). The number of nitrogens with one attached hydrogen (secondary N) is 2. The number of sulfonamides is 1. The van der Waals surface area contributed by atoms with E-state index in [1.165, 1.54) is 24.2 Å². The zero-order valence-corrected chi connectivity index (χ0v) is 14.5. The maximum atomic E-state index is 12.1. The molecule has 1 fully saturated rings. The maximum absolute atomic E-state index is 12.1. The number of aromatic nitrogens is 1. The van der Waals surface area contributed by atoms with Gasteiger partial charge in [-0.05, 0) is 37.0 Å². The number of fused-ring (bicyclic) bond motifs is 1. The van der Waals surface area contributed by atoms with Crippen LogP contribution >= 0.6 is 11.3 Å². The Morgan fingerprint density at radius 1 is 1.35 bits per heavy atom. The van der Waals surface area contributed by atoms with E-state index >= 15 is 0 Å². The van der Waals surface area contributed by atoms with E-state index in [9.17, 15) is 13.2 Å². The van der Waals surface area contributed by atoms with Crippen molar-refractivity contribution in [2.45, 2.75) is 32.1 Å². The number of hydrogen-bond acceptors (Lipinski definition) is 5. The molecule has 2 N–H and O–H groups in total. The molecule has 0 atom stereocenters. The second kappa shape index (κ2) is 6.45. The summed E-state index contributed by atoms with van der Waals surface area (Å²) < 4.78 is 25.7. The van der Waals surface area contributed by atoms with Crippen LogP contribution in [0.4, 0.5) is 10.8 Å². The number of carbonyl (C=O) groups excluding carboxylic acids is 1. The van der Waals surface area contributed by atoms with Gasteiger partial charge in [-0.2, -0.15) is 0 Å². The fraction of sp³-hybridized carbons (Fsp3) is 0.467. The number of hydrogen-bond donors (Lipinski definition) is 2. The molecule has 0 bridgehead atoms.